The molecule has 4 rings (SSSR count). The molecule has 2 aromatic rings. The van der Waals surface area contributed by atoms with E-state index in [9.17, 15) is 14.9 Å². The van der Waals surface area contributed by atoms with Crippen LogP contribution in [0.15, 0.2) is 40.0 Å². The Balaban J connectivity index is 1.64. The zero-order valence-corrected chi connectivity index (χ0v) is 23.5. The maximum absolute atomic E-state index is 13.2. The molecular formula is C29H34N4O2S2. The maximum atomic E-state index is 13.2. The van der Waals surface area contributed by atoms with Gasteiger partial charge in [0, 0.05) is 32.2 Å². The third-order valence-electron chi connectivity index (χ3n) is 7.38. The fourth-order valence-electron chi connectivity index (χ4n) is 5.23. The Labute approximate surface area is 229 Å². The number of piperidine rings is 1. The van der Waals surface area contributed by atoms with E-state index in [1.807, 2.05) is 12.1 Å². The molecule has 0 bridgehead atoms. The van der Waals surface area contributed by atoms with Gasteiger partial charge in [0.15, 0.2) is 0 Å². The Morgan fingerprint density at radius 1 is 1.16 bits per heavy atom. The lowest BCUT2D eigenvalue weighted by Gasteiger charge is -2.36. The van der Waals surface area contributed by atoms with Crippen LogP contribution in [-0.4, -0.2) is 39.3 Å². The van der Waals surface area contributed by atoms with Gasteiger partial charge in [0.25, 0.3) is 11.5 Å². The molecule has 2 fully saturated rings. The molecule has 37 heavy (non-hydrogen) atoms. The van der Waals surface area contributed by atoms with E-state index < -0.39 is 0 Å². The summed E-state index contributed by atoms with van der Waals surface area (Å²) in [5, 5.41) is 9.74. The largest absolute Gasteiger partial charge is 0.357 e. The molecule has 2 aliphatic rings. The highest BCUT2D eigenvalue weighted by Crippen LogP contribution is 2.37. The van der Waals surface area contributed by atoms with Gasteiger partial charge in [-0.2, -0.15) is 5.26 Å². The number of unbranched alkanes of at least 4 members (excludes halogenated alkanes) is 2. The Morgan fingerprint density at radius 2 is 1.86 bits per heavy atom. The molecule has 0 radical (unpaired) electrons. The fraction of sp³-hybridized carbons (Fsp3) is 0.448. The molecule has 2 aliphatic heterocycles. The molecular weight excluding hydrogens is 500 g/mol. The van der Waals surface area contributed by atoms with Gasteiger partial charge in [-0.05, 0) is 55.7 Å². The van der Waals surface area contributed by atoms with Crippen LogP contribution in [0.3, 0.4) is 0 Å². The summed E-state index contributed by atoms with van der Waals surface area (Å²) < 4.78 is 2.15. The molecule has 194 valence electrons. The molecule has 1 amide bonds. The first-order chi connectivity index (χ1) is 17.8. The number of carbonyl (C=O) groups excluding carboxylic acids is 1. The third kappa shape index (κ3) is 5.83. The van der Waals surface area contributed by atoms with Gasteiger partial charge >= 0.3 is 0 Å². The Hall–Kier alpha value is -2.89. The summed E-state index contributed by atoms with van der Waals surface area (Å²) in [4.78, 5) is 30.8. The van der Waals surface area contributed by atoms with Crippen LogP contribution in [-0.2, 0) is 18.3 Å². The molecule has 8 heteroatoms. The molecule has 1 aromatic heterocycles. The highest BCUT2D eigenvalue weighted by atomic mass is 32.2. The van der Waals surface area contributed by atoms with E-state index in [0.29, 0.717) is 27.3 Å². The van der Waals surface area contributed by atoms with Crippen LogP contribution in [0, 0.1) is 24.2 Å². The summed E-state index contributed by atoms with van der Waals surface area (Å²) in [6.07, 6.45) is 7.96. The minimum Gasteiger partial charge on any atom is -0.357 e. The summed E-state index contributed by atoms with van der Waals surface area (Å²) in [6.45, 7) is 6.18. The van der Waals surface area contributed by atoms with Crippen molar-refractivity contribution in [3.05, 3.63) is 67.8 Å². The molecule has 0 unspecified atom stereocenters. The second kappa shape index (κ2) is 12.1. The highest BCUT2D eigenvalue weighted by Gasteiger charge is 2.33. The van der Waals surface area contributed by atoms with Gasteiger partial charge in [-0.3, -0.25) is 19.1 Å². The number of amides is 1. The van der Waals surface area contributed by atoms with Crippen molar-refractivity contribution in [3.63, 3.8) is 0 Å². The second-order valence-corrected chi connectivity index (χ2v) is 11.5. The van der Waals surface area contributed by atoms with E-state index >= 15 is 0 Å². The molecule has 0 saturated carbocycles. The van der Waals surface area contributed by atoms with Crippen LogP contribution >= 0.6 is 24.0 Å². The molecule has 0 atom stereocenters. The van der Waals surface area contributed by atoms with Gasteiger partial charge in [0.2, 0.25) is 0 Å². The molecule has 1 aromatic carbocycles. The number of rotatable bonds is 8. The van der Waals surface area contributed by atoms with E-state index in [4.69, 9.17) is 12.2 Å². The lowest BCUT2D eigenvalue weighted by molar-refractivity contribution is -0.122. The first-order valence-electron chi connectivity index (χ1n) is 13.0. The summed E-state index contributed by atoms with van der Waals surface area (Å²) in [5.41, 5.74) is 2.54. The van der Waals surface area contributed by atoms with Crippen LogP contribution in [0.5, 0.6) is 0 Å². The zero-order chi connectivity index (χ0) is 26.5. The van der Waals surface area contributed by atoms with Crippen LogP contribution in [0.2, 0.25) is 0 Å². The quantitative estimate of drug-likeness (QED) is 0.256. The lowest BCUT2D eigenvalue weighted by atomic mass is 9.90. The third-order valence-corrected chi connectivity index (χ3v) is 8.76. The van der Waals surface area contributed by atoms with Crippen molar-refractivity contribution >= 4 is 46.1 Å². The number of nitriles is 1. The molecule has 6 nitrogen and oxygen atoms in total. The Bertz CT molecular complexity index is 1300. The number of thioether (sulfide) groups is 1. The lowest BCUT2D eigenvalue weighted by Crippen LogP contribution is -2.39. The number of hydrogen-bond acceptors (Lipinski definition) is 6. The SMILES string of the molecule is CCCCCN1C(=O)/C(=C/c2c(C)c(C#N)c(=O)n(C)c2N2CCC(Cc3ccccc3)CC2)SC1=S. The van der Waals surface area contributed by atoms with Crippen LogP contribution < -0.4 is 10.5 Å². The first kappa shape index (κ1) is 27.2. The number of anilines is 1. The standard InChI is InChI=1S/C29H34N4O2S2/c1-4-5-9-14-33-28(35)25(37-29(33)36)18-23-20(2)24(19-30)27(34)31(3)26(23)32-15-12-22(13-16-32)17-21-10-7-6-8-11-21/h6-8,10-11,18,22H,4-5,9,12-17H2,1-3H3/b25-18-. The maximum Gasteiger partial charge on any atom is 0.270 e. The van der Waals surface area contributed by atoms with Gasteiger partial charge < -0.3 is 4.90 Å². The van der Waals surface area contributed by atoms with E-state index in [1.54, 1.807) is 23.4 Å². The van der Waals surface area contributed by atoms with Crippen LogP contribution in [0.4, 0.5) is 5.82 Å². The van der Waals surface area contributed by atoms with E-state index in [-0.39, 0.29) is 17.0 Å². The summed E-state index contributed by atoms with van der Waals surface area (Å²) >= 11 is 6.83. The summed E-state index contributed by atoms with van der Waals surface area (Å²) in [5.74, 6) is 1.26. The minimum absolute atomic E-state index is 0.0922. The van der Waals surface area contributed by atoms with Crippen molar-refractivity contribution < 1.29 is 4.79 Å². The van der Waals surface area contributed by atoms with Gasteiger partial charge in [0.05, 0.1) is 4.91 Å². The molecule has 0 spiro atoms. The molecule has 0 N–H and O–H groups in total. The van der Waals surface area contributed by atoms with E-state index in [1.165, 1.54) is 17.3 Å². The Morgan fingerprint density at radius 3 is 2.51 bits per heavy atom. The molecule has 2 saturated heterocycles. The van der Waals surface area contributed by atoms with E-state index in [0.717, 1.165) is 63.0 Å². The second-order valence-electron chi connectivity index (χ2n) is 9.87. The monoisotopic (exact) mass is 534 g/mol. The van der Waals surface area contributed by atoms with Gasteiger partial charge in [0.1, 0.15) is 21.8 Å². The normalized spacial score (nSPS) is 17.6. The van der Waals surface area contributed by atoms with Crippen molar-refractivity contribution in [2.45, 2.75) is 52.4 Å². The number of benzene rings is 1. The minimum atomic E-state index is -0.300. The number of hydrogen-bond donors (Lipinski definition) is 0. The van der Waals surface area contributed by atoms with Crippen molar-refractivity contribution in [1.82, 2.24) is 9.47 Å². The smallest absolute Gasteiger partial charge is 0.270 e. The highest BCUT2D eigenvalue weighted by molar-refractivity contribution is 8.26. The van der Waals surface area contributed by atoms with E-state index in [2.05, 4.69) is 42.2 Å². The molecule has 3 heterocycles. The number of carbonyl (C=O) groups is 1. The zero-order valence-electron chi connectivity index (χ0n) is 21.8. The fourth-order valence-corrected chi connectivity index (χ4v) is 6.52. The predicted molar refractivity (Wildman–Crippen MR) is 156 cm³/mol. The van der Waals surface area contributed by atoms with Crippen molar-refractivity contribution in [2.24, 2.45) is 13.0 Å². The van der Waals surface area contributed by atoms with Gasteiger partial charge in [-0.25, -0.2) is 0 Å². The summed E-state index contributed by atoms with van der Waals surface area (Å²) in [6, 6.07) is 12.6. The van der Waals surface area contributed by atoms with Crippen molar-refractivity contribution in [3.8, 4) is 6.07 Å². The average Bonchev–Trinajstić information content (AvgIpc) is 3.16. The van der Waals surface area contributed by atoms with Crippen molar-refractivity contribution in [1.29, 1.82) is 5.26 Å². The summed E-state index contributed by atoms with van der Waals surface area (Å²) in [7, 11) is 1.72. The average molecular weight is 535 g/mol. The van der Waals surface area contributed by atoms with Crippen LogP contribution in [0.1, 0.15) is 61.3 Å². The predicted octanol–water partition coefficient (Wildman–Crippen LogP) is 5.42. The van der Waals surface area contributed by atoms with Gasteiger partial charge in [-0.1, -0.05) is 74.1 Å². The van der Waals surface area contributed by atoms with Gasteiger partial charge in [-0.15, -0.1) is 0 Å². The van der Waals surface area contributed by atoms with Crippen molar-refractivity contribution in [2.75, 3.05) is 24.5 Å². The topological polar surface area (TPSA) is 69.3 Å². The molecule has 0 aliphatic carbocycles. The first-order valence-corrected chi connectivity index (χ1v) is 14.3. The Kier molecular flexibility index (Phi) is 8.88. The number of nitrogens with zero attached hydrogens (tertiary/aromatic N) is 4. The number of thiocarbonyl (C=S) groups is 1. The number of aromatic nitrogens is 1. The van der Waals surface area contributed by atoms with Crippen LogP contribution in [0.25, 0.3) is 6.08 Å². The number of pyridine rings is 1.